The van der Waals surface area contributed by atoms with Crippen molar-refractivity contribution in [3.63, 3.8) is 0 Å². The van der Waals surface area contributed by atoms with E-state index in [1.807, 2.05) is 96.7 Å². The lowest BCUT2D eigenvalue weighted by Crippen LogP contribution is -2.12. The minimum Gasteiger partial charge on any atom is -0.496 e. The molecule has 174 valence electrons. The summed E-state index contributed by atoms with van der Waals surface area (Å²) in [6, 6.07) is 24.9. The second-order valence-corrected chi connectivity index (χ2v) is 8.81. The summed E-state index contributed by atoms with van der Waals surface area (Å²) in [7, 11) is 3.57. The first kappa shape index (κ1) is 22.5. The van der Waals surface area contributed by atoms with Gasteiger partial charge in [-0.2, -0.15) is 5.10 Å². The highest BCUT2D eigenvalue weighted by Crippen LogP contribution is 2.32. The molecule has 0 saturated heterocycles. The van der Waals surface area contributed by atoms with Gasteiger partial charge in [-0.1, -0.05) is 42.1 Å². The van der Waals surface area contributed by atoms with Gasteiger partial charge in [0.15, 0.2) is 5.16 Å². The lowest BCUT2D eigenvalue weighted by molar-refractivity contribution is 0.102. The van der Waals surface area contributed by atoms with Crippen LogP contribution in [0.5, 0.6) is 5.75 Å². The van der Waals surface area contributed by atoms with Gasteiger partial charge >= 0.3 is 0 Å². The number of amides is 1. The van der Waals surface area contributed by atoms with E-state index < -0.39 is 0 Å². The zero-order valence-electron chi connectivity index (χ0n) is 19.3. The summed E-state index contributed by atoms with van der Waals surface area (Å²) >= 11 is 1.56. The van der Waals surface area contributed by atoms with Crippen molar-refractivity contribution >= 4 is 23.4 Å². The van der Waals surface area contributed by atoms with Gasteiger partial charge in [-0.15, -0.1) is 0 Å². The highest BCUT2D eigenvalue weighted by Gasteiger charge is 2.21. The number of para-hydroxylation sites is 2. The summed E-state index contributed by atoms with van der Waals surface area (Å²) < 4.78 is 9.22. The maximum Gasteiger partial charge on any atom is 0.259 e. The minimum absolute atomic E-state index is 0.252. The molecule has 0 unspecified atom stereocenters. The first-order chi connectivity index (χ1) is 17.1. The van der Waals surface area contributed by atoms with Gasteiger partial charge in [0.05, 0.1) is 18.4 Å². The molecule has 0 saturated carbocycles. The molecule has 0 bridgehead atoms. The molecule has 8 heteroatoms. The molecular weight excluding hydrogens is 458 g/mol. The standard InChI is InChI=1S/C27H23N5O2S/c1-31-17-16-28-27(31)35-21-14-12-19(13-15-21)29-26(33)23-18-32(20-8-4-3-5-9-20)30-25(23)22-10-6-7-11-24(22)34-2/h3-18H,1-2H3,(H,29,33). The van der Waals surface area contributed by atoms with E-state index in [-0.39, 0.29) is 5.91 Å². The molecule has 0 aliphatic carbocycles. The van der Waals surface area contributed by atoms with Crippen molar-refractivity contribution in [2.75, 3.05) is 12.4 Å². The molecule has 0 aliphatic rings. The predicted molar refractivity (Wildman–Crippen MR) is 137 cm³/mol. The van der Waals surface area contributed by atoms with Gasteiger partial charge in [0.25, 0.3) is 5.91 Å². The number of rotatable bonds is 7. The van der Waals surface area contributed by atoms with E-state index in [9.17, 15) is 4.79 Å². The first-order valence-electron chi connectivity index (χ1n) is 11.0. The maximum absolute atomic E-state index is 13.4. The molecule has 5 aromatic rings. The average Bonchev–Trinajstić information content (AvgIpc) is 3.52. The Kier molecular flexibility index (Phi) is 6.36. The van der Waals surface area contributed by atoms with Gasteiger partial charge < -0.3 is 14.6 Å². The number of ether oxygens (including phenoxy) is 1. The summed E-state index contributed by atoms with van der Waals surface area (Å²) in [5, 5.41) is 8.65. The van der Waals surface area contributed by atoms with Crippen molar-refractivity contribution in [2.24, 2.45) is 7.05 Å². The predicted octanol–water partition coefficient (Wildman–Crippen LogP) is 5.68. The van der Waals surface area contributed by atoms with E-state index in [2.05, 4.69) is 10.3 Å². The summed E-state index contributed by atoms with van der Waals surface area (Å²) in [5.74, 6) is 0.396. The lowest BCUT2D eigenvalue weighted by Gasteiger charge is -2.09. The summed E-state index contributed by atoms with van der Waals surface area (Å²) in [4.78, 5) is 18.8. The van der Waals surface area contributed by atoms with Crippen LogP contribution in [-0.4, -0.2) is 32.3 Å². The van der Waals surface area contributed by atoms with Gasteiger partial charge in [0.2, 0.25) is 0 Å². The molecule has 0 atom stereocenters. The molecule has 2 heterocycles. The van der Waals surface area contributed by atoms with Crippen LogP contribution in [0.1, 0.15) is 10.4 Å². The fourth-order valence-electron chi connectivity index (χ4n) is 3.65. The van der Waals surface area contributed by atoms with Crippen LogP contribution < -0.4 is 10.1 Å². The van der Waals surface area contributed by atoms with Gasteiger partial charge in [-0.05, 0) is 48.5 Å². The van der Waals surface area contributed by atoms with Crippen LogP contribution in [0.3, 0.4) is 0 Å². The smallest absolute Gasteiger partial charge is 0.259 e. The van der Waals surface area contributed by atoms with Crippen LogP contribution in [0.15, 0.2) is 108 Å². The zero-order chi connectivity index (χ0) is 24.2. The zero-order valence-corrected chi connectivity index (χ0v) is 20.1. The number of carbonyl (C=O) groups is 1. The molecule has 1 N–H and O–H groups in total. The number of aryl methyl sites for hydroxylation is 1. The van der Waals surface area contributed by atoms with Gasteiger partial charge in [-0.25, -0.2) is 9.67 Å². The number of benzene rings is 3. The number of hydrogen-bond donors (Lipinski definition) is 1. The van der Waals surface area contributed by atoms with Crippen molar-refractivity contribution in [1.82, 2.24) is 19.3 Å². The van der Waals surface area contributed by atoms with Crippen LogP contribution in [0.25, 0.3) is 16.9 Å². The van der Waals surface area contributed by atoms with Crippen molar-refractivity contribution in [3.8, 4) is 22.7 Å². The van der Waals surface area contributed by atoms with Crippen LogP contribution in [0.4, 0.5) is 5.69 Å². The van der Waals surface area contributed by atoms with Gasteiger partial charge in [-0.3, -0.25) is 4.79 Å². The molecule has 7 nitrogen and oxygen atoms in total. The molecule has 0 spiro atoms. The average molecular weight is 482 g/mol. The van der Waals surface area contributed by atoms with Crippen molar-refractivity contribution in [1.29, 1.82) is 0 Å². The molecule has 3 aromatic carbocycles. The Bertz CT molecular complexity index is 1460. The van der Waals surface area contributed by atoms with E-state index >= 15 is 0 Å². The Morgan fingerprint density at radius 3 is 2.43 bits per heavy atom. The van der Waals surface area contributed by atoms with Crippen molar-refractivity contribution in [3.05, 3.63) is 103 Å². The first-order valence-corrected chi connectivity index (χ1v) is 11.8. The normalized spacial score (nSPS) is 10.8. The van der Waals surface area contributed by atoms with E-state index in [0.29, 0.717) is 22.7 Å². The Labute approximate surface area is 207 Å². The van der Waals surface area contributed by atoms with Crippen molar-refractivity contribution in [2.45, 2.75) is 10.1 Å². The van der Waals surface area contributed by atoms with Crippen molar-refractivity contribution < 1.29 is 9.53 Å². The van der Waals surface area contributed by atoms with Crippen LogP contribution in [0, 0.1) is 0 Å². The molecule has 5 rings (SSSR count). The molecule has 35 heavy (non-hydrogen) atoms. The highest BCUT2D eigenvalue weighted by molar-refractivity contribution is 7.99. The number of carbonyl (C=O) groups excluding carboxylic acids is 1. The number of nitrogens with zero attached hydrogens (tertiary/aromatic N) is 4. The number of anilines is 1. The topological polar surface area (TPSA) is 74.0 Å². The second kappa shape index (κ2) is 9.90. The Morgan fingerprint density at radius 2 is 1.71 bits per heavy atom. The largest absolute Gasteiger partial charge is 0.496 e. The van der Waals surface area contributed by atoms with Crippen LogP contribution in [-0.2, 0) is 7.05 Å². The van der Waals surface area contributed by atoms with E-state index in [4.69, 9.17) is 9.84 Å². The second-order valence-electron chi connectivity index (χ2n) is 7.77. The number of imidazole rings is 1. The molecule has 0 radical (unpaired) electrons. The Morgan fingerprint density at radius 1 is 0.971 bits per heavy atom. The number of nitrogens with one attached hydrogen (secondary N) is 1. The van der Waals surface area contributed by atoms with Gasteiger partial charge in [0.1, 0.15) is 11.4 Å². The highest BCUT2D eigenvalue weighted by atomic mass is 32.2. The number of methoxy groups -OCH3 is 1. The number of aromatic nitrogens is 4. The molecule has 2 aromatic heterocycles. The lowest BCUT2D eigenvalue weighted by atomic mass is 10.1. The maximum atomic E-state index is 13.4. The third kappa shape index (κ3) is 4.83. The summed E-state index contributed by atoms with van der Waals surface area (Å²) in [5.41, 5.74) is 3.29. The quantitative estimate of drug-likeness (QED) is 0.324. The molecule has 1 amide bonds. The molecule has 0 aliphatic heterocycles. The van der Waals surface area contributed by atoms with Crippen LogP contribution >= 0.6 is 11.8 Å². The molecule has 0 fully saturated rings. The summed E-state index contributed by atoms with van der Waals surface area (Å²) in [6.07, 6.45) is 5.43. The van der Waals surface area contributed by atoms with Crippen LogP contribution in [0.2, 0.25) is 0 Å². The SMILES string of the molecule is COc1ccccc1-c1nn(-c2ccccc2)cc1C(=O)Nc1ccc(Sc2nccn2C)cc1. The summed E-state index contributed by atoms with van der Waals surface area (Å²) in [6.45, 7) is 0. The Balaban J connectivity index is 1.44. The fraction of sp³-hybridized carbons (Fsp3) is 0.0741. The van der Waals surface area contributed by atoms with E-state index in [0.717, 1.165) is 21.3 Å². The van der Waals surface area contributed by atoms with E-state index in [1.54, 1.807) is 35.9 Å². The third-order valence-electron chi connectivity index (χ3n) is 5.44. The number of hydrogen-bond acceptors (Lipinski definition) is 5. The third-order valence-corrected chi connectivity index (χ3v) is 6.52. The Hall–Kier alpha value is -4.30. The fourth-order valence-corrected chi connectivity index (χ4v) is 4.45. The minimum atomic E-state index is -0.252. The monoisotopic (exact) mass is 481 g/mol. The molecular formula is C27H23N5O2S. The van der Waals surface area contributed by atoms with Gasteiger partial charge in [0, 0.05) is 41.8 Å². The van der Waals surface area contributed by atoms with E-state index in [1.165, 1.54) is 0 Å².